The number of amides is 1. The van der Waals surface area contributed by atoms with Crippen LogP contribution in [0.1, 0.15) is 17.0 Å². The van der Waals surface area contributed by atoms with Crippen LogP contribution in [0.4, 0.5) is 5.69 Å². The maximum absolute atomic E-state index is 12.6. The Balaban J connectivity index is 1.50. The standard InChI is InChI=1S/C21H21N7O/c1-14-9-7-8-12-18(14)21-23-26-27(25-21)13-19(29)22-20-15(2)24-28(16(20)3)17-10-5-4-6-11-17/h4-12H,13H2,1-3H3,(H,22,29). The maximum Gasteiger partial charge on any atom is 0.248 e. The van der Waals surface area contributed by atoms with Crippen molar-refractivity contribution < 1.29 is 4.79 Å². The van der Waals surface area contributed by atoms with E-state index in [1.165, 1.54) is 4.80 Å². The number of nitrogens with one attached hydrogen (secondary N) is 1. The third kappa shape index (κ3) is 3.77. The molecule has 146 valence electrons. The fourth-order valence-corrected chi connectivity index (χ4v) is 3.19. The van der Waals surface area contributed by atoms with E-state index < -0.39 is 0 Å². The van der Waals surface area contributed by atoms with E-state index >= 15 is 0 Å². The summed E-state index contributed by atoms with van der Waals surface area (Å²) >= 11 is 0. The predicted octanol–water partition coefficient (Wildman–Crippen LogP) is 3.09. The van der Waals surface area contributed by atoms with Crippen molar-refractivity contribution in [1.82, 2.24) is 30.0 Å². The molecule has 1 amide bonds. The molecule has 0 fully saturated rings. The molecule has 0 bridgehead atoms. The van der Waals surface area contributed by atoms with Crippen molar-refractivity contribution in [2.24, 2.45) is 0 Å². The largest absolute Gasteiger partial charge is 0.321 e. The maximum atomic E-state index is 12.6. The Labute approximate surface area is 168 Å². The molecule has 0 aliphatic heterocycles. The number of nitrogens with zero attached hydrogens (tertiary/aromatic N) is 6. The van der Waals surface area contributed by atoms with E-state index in [4.69, 9.17) is 0 Å². The molecule has 1 N–H and O–H groups in total. The Morgan fingerprint density at radius 1 is 0.966 bits per heavy atom. The van der Waals surface area contributed by atoms with E-state index in [-0.39, 0.29) is 12.5 Å². The number of aromatic nitrogens is 6. The molecule has 2 heterocycles. The Morgan fingerprint density at radius 2 is 1.69 bits per heavy atom. The summed E-state index contributed by atoms with van der Waals surface area (Å²) in [4.78, 5) is 13.9. The summed E-state index contributed by atoms with van der Waals surface area (Å²) in [6.45, 7) is 5.74. The topological polar surface area (TPSA) is 90.5 Å². The van der Waals surface area contributed by atoms with Crippen LogP contribution in [0.25, 0.3) is 17.1 Å². The first-order chi connectivity index (χ1) is 14.0. The SMILES string of the molecule is Cc1ccccc1-c1nnn(CC(=O)Nc2c(C)nn(-c3ccccc3)c2C)n1. The lowest BCUT2D eigenvalue weighted by atomic mass is 10.1. The van der Waals surface area contributed by atoms with Gasteiger partial charge in [0.05, 0.1) is 22.8 Å². The van der Waals surface area contributed by atoms with Gasteiger partial charge >= 0.3 is 0 Å². The highest BCUT2D eigenvalue weighted by atomic mass is 16.2. The van der Waals surface area contributed by atoms with Crippen molar-refractivity contribution >= 4 is 11.6 Å². The Morgan fingerprint density at radius 3 is 2.45 bits per heavy atom. The van der Waals surface area contributed by atoms with Crippen molar-refractivity contribution in [2.45, 2.75) is 27.3 Å². The van der Waals surface area contributed by atoms with Crippen LogP contribution in [0.15, 0.2) is 54.6 Å². The summed E-state index contributed by atoms with van der Waals surface area (Å²) < 4.78 is 1.81. The second-order valence-corrected chi connectivity index (χ2v) is 6.80. The van der Waals surface area contributed by atoms with E-state index in [9.17, 15) is 4.79 Å². The smallest absolute Gasteiger partial charge is 0.248 e. The fraction of sp³-hybridized carbons (Fsp3) is 0.190. The molecular weight excluding hydrogens is 366 g/mol. The molecule has 0 atom stereocenters. The summed E-state index contributed by atoms with van der Waals surface area (Å²) in [5.41, 5.74) is 5.18. The molecule has 0 saturated heterocycles. The van der Waals surface area contributed by atoms with Gasteiger partial charge in [0.15, 0.2) is 0 Å². The van der Waals surface area contributed by atoms with Gasteiger partial charge in [0.1, 0.15) is 6.54 Å². The van der Waals surface area contributed by atoms with Gasteiger partial charge in [0.25, 0.3) is 0 Å². The summed E-state index contributed by atoms with van der Waals surface area (Å²) in [5, 5.41) is 19.9. The van der Waals surface area contributed by atoms with Crippen LogP contribution in [-0.4, -0.2) is 35.9 Å². The molecule has 0 saturated carbocycles. The summed E-state index contributed by atoms with van der Waals surface area (Å²) in [7, 11) is 0. The average Bonchev–Trinajstić information content (AvgIpc) is 3.29. The zero-order chi connectivity index (χ0) is 20.4. The number of rotatable bonds is 5. The van der Waals surface area contributed by atoms with Crippen LogP contribution >= 0.6 is 0 Å². The lowest BCUT2D eigenvalue weighted by Gasteiger charge is -2.06. The molecule has 0 radical (unpaired) electrons. The van der Waals surface area contributed by atoms with Crippen molar-refractivity contribution in [3.8, 4) is 17.1 Å². The van der Waals surface area contributed by atoms with Gasteiger partial charge in [-0.3, -0.25) is 4.79 Å². The van der Waals surface area contributed by atoms with Gasteiger partial charge in [-0.1, -0.05) is 42.5 Å². The molecule has 0 unspecified atom stereocenters. The van der Waals surface area contributed by atoms with Crippen LogP contribution in [0.3, 0.4) is 0 Å². The van der Waals surface area contributed by atoms with Gasteiger partial charge in [-0.05, 0) is 43.7 Å². The van der Waals surface area contributed by atoms with Gasteiger partial charge in [0.2, 0.25) is 11.7 Å². The number of aryl methyl sites for hydroxylation is 2. The summed E-state index contributed by atoms with van der Waals surface area (Å²) in [5.74, 6) is 0.262. The molecule has 0 spiro atoms. The van der Waals surface area contributed by atoms with Crippen LogP contribution < -0.4 is 5.32 Å². The molecule has 8 nitrogen and oxygen atoms in total. The van der Waals surface area contributed by atoms with E-state index in [0.29, 0.717) is 11.5 Å². The molecular formula is C21H21N7O. The minimum absolute atomic E-state index is 0.0335. The van der Waals surface area contributed by atoms with Gasteiger partial charge < -0.3 is 5.32 Å². The van der Waals surface area contributed by atoms with E-state index in [0.717, 1.165) is 28.2 Å². The quantitative estimate of drug-likeness (QED) is 0.568. The zero-order valence-corrected chi connectivity index (χ0v) is 16.5. The van der Waals surface area contributed by atoms with Crippen LogP contribution in [0.2, 0.25) is 0 Å². The first-order valence-electron chi connectivity index (χ1n) is 9.28. The Kier molecular flexibility index (Phi) is 4.90. The molecule has 2 aromatic carbocycles. The highest BCUT2D eigenvalue weighted by Gasteiger charge is 2.16. The third-order valence-electron chi connectivity index (χ3n) is 4.68. The molecule has 29 heavy (non-hydrogen) atoms. The summed E-state index contributed by atoms with van der Waals surface area (Å²) in [6, 6.07) is 17.6. The number of anilines is 1. The van der Waals surface area contributed by atoms with Gasteiger partial charge in [-0.15, -0.1) is 10.2 Å². The Hall–Kier alpha value is -3.81. The van der Waals surface area contributed by atoms with Crippen LogP contribution in [0.5, 0.6) is 0 Å². The third-order valence-corrected chi connectivity index (χ3v) is 4.68. The number of carbonyl (C=O) groups excluding carboxylic acids is 1. The first kappa shape index (κ1) is 18.5. The highest BCUT2D eigenvalue weighted by molar-refractivity contribution is 5.91. The molecule has 8 heteroatoms. The van der Waals surface area contributed by atoms with Crippen molar-refractivity contribution in [1.29, 1.82) is 0 Å². The van der Waals surface area contributed by atoms with Crippen molar-refractivity contribution in [2.75, 3.05) is 5.32 Å². The number of tetrazole rings is 1. The van der Waals surface area contributed by atoms with Crippen LogP contribution in [0, 0.1) is 20.8 Å². The molecule has 0 aliphatic carbocycles. The lowest BCUT2D eigenvalue weighted by Crippen LogP contribution is -2.21. The number of carbonyl (C=O) groups is 1. The molecule has 4 aromatic rings. The van der Waals surface area contributed by atoms with Gasteiger partial charge in [0, 0.05) is 5.56 Å². The highest BCUT2D eigenvalue weighted by Crippen LogP contribution is 2.23. The average molecular weight is 387 g/mol. The second kappa shape index (κ2) is 7.67. The molecule has 0 aliphatic rings. The second-order valence-electron chi connectivity index (χ2n) is 6.80. The van der Waals surface area contributed by atoms with E-state index in [2.05, 4.69) is 25.8 Å². The van der Waals surface area contributed by atoms with Gasteiger partial charge in [-0.25, -0.2) is 4.68 Å². The van der Waals surface area contributed by atoms with Crippen molar-refractivity contribution in [3.05, 3.63) is 71.5 Å². The Bertz CT molecular complexity index is 1160. The summed E-state index contributed by atoms with van der Waals surface area (Å²) in [6.07, 6.45) is 0. The number of benzene rings is 2. The number of para-hydroxylation sites is 1. The number of hydrogen-bond donors (Lipinski definition) is 1. The first-order valence-corrected chi connectivity index (χ1v) is 9.28. The van der Waals surface area contributed by atoms with E-state index in [1.54, 1.807) is 0 Å². The van der Waals surface area contributed by atoms with Gasteiger partial charge in [-0.2, -0.15) is 9.90 Å². The minimum atomic E-state index is -0.238. The fourth-order valence-electron chi connectivity index (χ4n) is 3.19. The monoisotopic (exact) mass is 387 g/mol. The number of hydrogen-bond acceptors (Lipinski definition) is 5. The molecule has 4 rings (SSSR count). The predicted molar refractivity (Wildman–Crippen MR) is 110 cm³/mol. The zero-order valence-electron chi connectivity index (χ0n) is 16.5. The normalized spacial score (nSPS) is 10.9. The minimum Gasteiger partial charge on any atom is -0.321 e. The van der Waals surface area contributed by atoms with Crippen molar-refractivity contribution in [3.63, 3.8) is 0 Å². The van der Waals surface area contributed by atoms with Crippen LogP contribution in [-0.2, 0) is 11.3 Å². The van der Waals surface area contributed by atoms with E-state index in [1.807, 2.05) is 80.1 Å². The lowest BCUT2D eigenvalue weighted by molar-refractivity contribution is -0.117. The molecule has 2 aromatic heterocycles.